The molecule has 1 N–H and O–H groups in total. The first-order valence-corrected chi connectivity index (χ1v) is 14.1. The number of esters is 2. The van der Waals surface area contributed by atoms with Gasteiger partial charge in [0.2, 0.25) is 5.78 Å². The Kier molecular flexibility index (Phi) is 8.20. The number of carbonyl (C=O) groups is 4. The number of ketones is 2. The quantitative estimate of drug-likeness (QED) is 0.176. The Morgan fingerprint density at radius 3 is 2.56 bits per heavy atom. The highest BCUT2D eigenvalue weighted by molar-refractivity contribution is 5.94. The van der Waals surface area contributed by atoms with Gasteiger partial charge in [0.1, 0.15) is 0 Å². The predicted molar refractivity (Wildman–Crippen MR) is 140 cm³/mol. The van der Waals surface area contributed by atoms with Gasteiger partial charge in [0.05, 0.1) is 6.10 Å². The number of alkyl halides is 1. The molecule has 4 rings (SSSR count). The number of hydrogen-bond donors (Lipinski definition) is 1. The minimum atomic E-state index is -2.14. The summed E-state index contributed by atoms with van der Waals surface area (Å²) in [7, 11) is 0. The van der Waals surface area contributed by atoms with E-state index in [0.29, 0.717) is 24.8 Å². The molecule has 0 heterocycles. The van der Waals surface area contributed by atoms with Crippen molar-refractivity contribution in [2.75, 3.05) is 13.2 Å². The average Bonchev–Trinajstić information content (AvgIpc) is 3.12. The van der Waals surface area contributed by atoms with E-state index in [1.807, 2.05) is 13.0 Å². The number of hydrogen-bond acceptors (Lipinski definition) is 10. The van der Waals surface area contributed by atoms with Crippen molar-refractivity contribution in [1.82, 2.24) is 0 Å². The standard InChI is InChI=1S/C29H38FNO10/c1-5-6-7-24(35)41-29(23(34)15-39-25(36)16-40-31(37)38)17(2)12-21-20-9-8-18-13-19(32)10-11-26(18,3)28(20,30)22(33)14-27(21,29)4/h8,10-11,17,20-22,33H,5-7,9,12-16H2,1-4H3/t17-,20?,21-,22-,26-,27-,28-,29-/m0/s1. The number of carbonyl (C=O) groups excluding carboxylic acids is 4. The molecule has 2 fully saturated rings. The van der Waals surface area contributed by atoms with Gasteiger partial charge < -0.3 is 19.4 Å². The van der Waals surface area contributed by atoms with Crippen molar-refractivity contribution in [3.05, 3.63) is 33.9 Å². The summed E-state index contributed by atoms with van der Waals surface area (Å²) in [5.41, 5.74) is -5.83. The van der Waals surface area contributed by atoms with Gasteiger partial charge in [-0.3, -0.25) is 14.4 Å². The fourth-order valence-electron chi connectivity index (χ4n) is 8.26. The highest BCUT2D eigenvalue weighted by atomic mass is 19.1. The maximum Gasteiger partial charge on any atom is 0.332 e. The molecule has 41 heavy (non-hydrogen) atoms. The van der Waals surface area contributed by atoms with Crippen molar-refractivity contribution >= 4 is 23.5 Å². The molecule has 0 spiro atoms. The number of halogens is 1. The summed E-state index contributed by atoms with van der Waals surface area (Å²) in [5.74, 6) is -4.56. The van der Waals surface area contributed by atoms with Crippen molar-refractivity contribution in [3.63, 3.8) is 0 Å². The maximum atomic E-state index is 17.5. The smallest absolute Gasteiger partial charge is 0.332 e. The fraction of sp³-hybridized carbons (Fsp3) is 0.724. The lowest BCUT2D eigenvalue weighted by Crippen LogP contribution is -2.69. The predicted octanol–water partition coefficient (Wildman–Crippen LogP) is 3.40. The summed E-state index contributed by atoms with van der Waals surface area (Å²) in [4.78, 5) is 65.7. The van der Waals surface area contributed by atoms with Gasteiger partial charge in [-0.05, 0) is 44.6 Å². The molecule has 0 aromatic carbocycles. The summed E-state index contributed by atoms with van der Waals surface area (Å²) < 4.78 is 28.5. The molecular formula is C29H38FNO10. The largest absolute Gasteiger partial charge is 0.456 e. The Morgan fingerprint density at radius 2 is 1.90 bits per heavy atom. The number of fused-ring (bicyclic) bond motifs is 5. The van der Waals surface area contributed by atoms with E-state index in [9.17, 15) is 34.4 Å². The van der Waals surface area contributed by atoms with Crippen LogP contribution >= 0.6 is 0 Å². The Balaban J connectivity index is 1.73. The molecule has 12 heteroatoms. The van der Waals surface area contributed by atoms with E-state index < -0.39 is 82.0 Å². The Bertz CT molecular complexity index is 1200. The Hall–Kier alpha value is -3.15. The van der Waals surface area contributed by atoms with E-state index in [2.05, 4.69) is 4.84 Å². The highest BCUT2D eigenvalue weighted by Gasteiger charge is 2.77. The molecule has 0 bridgehead atoms. The first-order chi connectivity index (χ1) is 19.2. The fourth-order valence-corrected chi connectivity index (χ4v) is 8.26. The molecule has 8 atom stereocenters. The normalized spacial score (nSPS) is 39.1. The summed E-state index contributed by atoms with van der Waals surface area (Å²) >= 11 is 0. The first kappa shape index (κ1) is 30.8. The second-order valence-corrected chi connectivity index (χ2v) is 12.3. The van der Waals surface area contributed by atoms with Crippen LogP contribution in [-0.4, -0.2) is 64.3 Å². The van der Waals surface area contributed by atoms with E-state index in [0.717, 1.165) is 0 Å². The van der Waals surface area contributed by atoms with Crippen molar-refractivity contribution < 1.29 is 48.1 Å². The lowest BCUT2D eigenvalue weighted by atomic mass is 9.45. The highest BCUT2D eigenvalue weighted by Crippen LogP contribution is 2.71. The third-order valence-electron chi connectivity index (χ3n) is 10.2. The summed E-state index contributed by atoms with van der Waals surface area (Å²) in [6.07, 6.45) is 4.83. The third kappa shape index (κ3) is 4.67. The third-order valence-corrected chi connectivity index (χ3v) is 10.2. The molecule has 1 unspecified atom stereocenters. The molecular weight excluding hydrogens is 541 g/mol. The topological polar surface area (TPSA) is 159 Å². The van der Waals surface area contributed by atoms with Crippen LogP contribution in [0, 0.1) is 38.7 Å². The van der Waals surface area contributed by atoms with Crippen molar-refractivity contribution in [2.45, 2.75) is 90.0 Å². The van der Waals surface area contributed by atoms with Gasteiger partial charge in [0, 0.05) is 35.5 Å². The van der Waals surface area contributed by atoms with Crippen molar-refractivity contribution in [1.29, 1.82) is 0 Å². The van der Waals surface area contributed by atoms with Gasteiger partial charge in [-0.15, -0.1) is 10.1 Å². The monoisotopic (exact) mass is 579 g/mol. The van der Waals surface area contributed by atoms with Gasteiger partial charge in [-0.25, -0.2) is 9.18 Å². The van der Waals surface area contributed by atoms with E-state index >= 15 is 4.39 Å². The number of unbranched alkanes of at least 4 members (excludes halogenated alkanes) is 1. The molecule has 4 aliphatic carbocycles. The van der Waals surface area contributed by atoms with Crippen LogP contribution in [0.15, 0.2) is 23.8 Å². The minimum Gasteiger partial charge on any atom is -0.456 e. The molecule has 0 aromatic rings. The second kappa shape index (κ2) is 10.9. The number of Topliss-reactive ketones (excluding diaryl/α,β-unsaturated/α-hetero) is 1. The number of aliphatic hydroxyl groups excluding tert-OH is 1. The van der Waals surface area contributed by atoms with Crippen LogP contribution in [-0.2, 0) is 33.5 Å². The number of aliphatic hydroxyl groups is 1. The lowest BCUT2D eigenvalue weighted by molar-refractivity contribution is -0.754. The Labute approximate surface area is 237 Å². The van der Waals surface area contributed by atoms with Crippen LogP contribution in [0.1, 0.15) is 72.6 Å². The molecule has 2 saturated carbocycles. The lowest BCUT2D eigenvalue weighted by Gasteiger charge is -2.62. The second-order valence-electron chi connectivity index (χ2n) is 12.3. The van der Waals surface area contributed by atoms with Crippen LogP contribution in [0.5, 0.6) is 0 Å². The van der Waals surface area contributed by atoms with E-state index in [1.54, 1.807) is 20.8 Å². The maximum absolute atomic E-state index is 17.5. The van der Waals surface area contributed by atoms with E-state index in [1.165, 1.54) is 12.2 Å². The summed E-state index contributed by atoms with van der Waals surface area (Å²) in [6, 6.07) is 0. The Morgan fingerprint density at radius 1 is 1.20 bits per heavy atom. The van der Waals surface area contributed by atoms with Crippen molar-refractivity contribution in [2.24, 2.45) is 28.6 Å². The number of allylic oxidation sites excluding steroid dienone is 4. The number of rotatable bonds is 10. The van der Waals surface area contributed by atoms with Gasteiger partial charge >= 0.3 is 11.9 Å². The van der Waals surface area contributed by atoms with Crippen LogP contribution in [0.2, 0.25) is 0 Å². The van der Waals surface area contributed by atoms with Gasteiger partial charge in [-0.1, -0.05) is 44.9 Å². The molecule has 4 aliphatic rings. The van der Waals surface area contributed by atoms with E-state index in [-0.39, 0.29) is 31.5 Å². The summed E-state index contributed by atoms with van der Waals surface area (Å²) in [5, 5.41) is 20.9. The molecule has 0 aliphatic heterocycles. The summed E-state index contributed by atoms with van der Waals surface area (Å²) in [6.45, 7) is 5.16. The zero-order chi connectivity index (χ0) is 30.4. The first-order valence-electron chi connectivity index (χ1n) is 14.1. The minimum absolute atomic E-state index is 0.0392. The van der Waals surface area contributed by atoms with Crippen LogP contribution < -0.4 is 0 Å². The molecule has 0 aromatic heterocycles. The van der Waals surface area contributed by atoms with Gasteiger partial charge in [0.15, 0.2) is 30.3 Å². The van der Waals surface area contributed by atoms with Crippen LogP contribution in [0.25, 0.3) is 0 Å². The molecule has 226 valence electrons. The SMILES string of the molecule is CCCCC(=O)O[C@]1(C(=O)COC(=O)CO[N+](=O)[O-])[C@@H](C)C[C@H]2C3CC=C4CC(=O)C=C[C@]4(C)[C@@]3(F)[C@@H](O)C[C@@]21C. The number of nitrogens with zero attached hydrogens (tertiary/aromatic N) is 1. The van der Waals surface area contributed by atoms with E-state index in [4.69, 9.17) is 9.47 Å². The molecule has 0 amide bonds. The number of ether oxygens (including phenoxy) is 2. The zero-order valence-electron chi connectivity index (χ0n) is 23.9. The zero-order valence-corrected chi connectivity index (χ0v) is 23.9. The van der Waals surface area contributed by atoms with Crippen molar-refractivity contribution in [3.8, 4) is 0 Å². The molecule has 11 nitrogen and oxygen atoms in total. The average molecular weight is 580 g/mol. The molecule has 0 radical (unpaired) electrons. The molecule has 0 saturated heterocycles. The van der Waals surface area contributed by atoms with Gasteiger partial charge in [0.25, 0.3) is 5.09 Å². The van der Waals surface area contributed by atoms with Crippen LogP contribution in [0.3, 0.4) is 0 Å². The van der Waals surface area contributed by atoms with Crippen LogP contribution in [0.4, 0.5) is 4.39 Å². The van der Waals surface area contributed by atoms with Gasteiger partial charge in [-0.2, -0.15) is 0 Å².